The SMILES string of the molecule is Cc1ccc(NCCCC(=O)N/N=C/c2ccc3ccc4cccc5ccc2c3c45)cc1. The highest BCUT2D eigenvalue weighted by Gasteiger charge is 2.09. The molecule has 5 aromatic rings. The van der Waals surface area contributed by atoms with Gasteiger partial charge in [0.2, 0.25) is 5.91 Å². The van der Waals surface area contributed by atoms with Crippen LogP contribution in [0.4, 0.5) is 5.69 Å². The number of anilines is 1. The highest BCUT2D eigenvalue weighted by molar-refractivity contribution is 6.25. The number of hydrazone groups is 1. The third-order valence-electron chi connectivity index (χ3n) is 5.92. The van der Waals surface area contributed by atoms with E-state index in [9.17, 15) is 4.79 Å². The minimum Gasteiger partial charge on any atom is -0.385 e. The molecule has 5 rings (SSSR count). The van der Waals surface area contributed by atoms with Crippen molar-refractivity contribution in [2.45, 2.75) is 19.8 Å². The van der Waals surface area contributed by atoms with Gasteiger partial charge in [0, 0.05) is 24.2 Å². The quantitative estimate of drug-likeness (QED) is 0.142. The normalized spacial score (nSPS) is 11.7. The van der Waals surface area contributed by atoms with E-state index in [-0.39, 0.29) is 5.91 Å². The van der Waals surface area contributed by atoms with E-state index in [0.717, 1.165) is 29.6 Å². The summed E-state index contributed by atoms with van der Waals surface area (Å²) in [6.45, 7) is 2.81. The molecule has 0 saturated carbocycles. The second kappa shape index (κ2) is 8.67. The smallest absolute Gasteiger partial charge is 0.240 e. The summed E-state index contributed by atoms with van der Waals surface area (Å²) in [5.41, 5.74) is 5.97. The van der Waals surface area contributed by atoms with Gasteiger partial charge in [-0.25, -0.2) is 5.43 Å². The molecule has 5 aromatic carbocycles. The summed E-state index contributed by atoms with van der Waals surface area (Å²) in [7, 11) is 0. The maximum Gasteiger partial charge on any atom is 0.240 e. The molecule has 4 nitrogen and oxygen atoms in total. The van der Waals surface area contributed by atoms with E-state index in [4.69, 9.17) is 0 Å². The van der Waals surface area contributed by atoms with Gasteiger partial charge in [-0.2, -0.15) is 5.10 Å². The molecule has 0 unspecified atom stereocenters. The minimum atomic E-state index is -0.0790. The number of aryl methyl sites for hydroxylation is 1. The minimum absolute atomic E-state index is 0.0790. The fourth-order valence-electron chi connectivity index (χ4n) is 4.25. The third kappa shape index (κ3) is 4.00. The third-order valence-corrected chi connectivity index (χ3v) is 5.92. The number of rotatable bonds is 7. The molecule has 32 heavy (non-hydrogen) atoms. The van der Waals surface area contributed by atoms with Crippen LogP contribution >= 0.6 is 0 Å². The van der Waals surface area contributed by atoms with Crippen LogP contribution in [-0.2, 0) is 4.79 Å². The molecular weight excluding hydrogens is 394 g/mol. The van der Waals surface area contributed by atoms with E-state index >= 15 is 0 Å². The maximum atomic E-state index is 12.2. The fourth-order valence-corrected chi connectivity index (χ4v) is 4.25. The summed E-state index contributed by atoms with van der Waals surface area (Å²) < 4.78 is 0. The van der Waals surface area contributed by atoms with E-state index in [2.05, 4.69) is 102 Å². The number of nitrogens with one attached hydrogen (secondary N) is 2. The van der Waals surface area contributed by atoms with Crippen LogP contribution in [0.5, 0.6) is 0 Å². The summed E-state index contributed by atoms with van der Waals surface area (Å²) in [6.07, 6.45) is 2.91. The summed E-state index contributed by atoms with van der Waals surface area (Å²) in [5.74, 6) is -0.0790. The summed E-state index contributed by atoms with van der Waals surface area (Å²) in [4.78, 5) is 12.2. The van der Waals surface area contributed by atoms with Gasteiger partial charge in [-0.3, -0.25) is 4.79 Å². The predicted octanol–water partition coefficient (Wildman–Crippen LogP) is 6.23. The highest BCUT2D eigenvalue weighted by atomic mass is 16.2. The van der Waals surface area contributed by atoms with Gasteiger partial charge in [0.15, 0.2) is 0 Å². The van der Waals surface area contributed by atoms with Gasteiger partial charge >= 0.3 is 0 Å². The second-order valence-corrected chi connectivity index (χ2v) is 8.20. The lowest BCUT2D eigenvalue weighted by Crippen LogP contribution is -2.18. The Kier molecular flexibility index (Phi) is 5.42. The standard InChI is InChI=1S/C28H25N3O/c1-19-7-14-24(15-8-19)29-17-3-6-26(32)31-30-18-23-12-11-22-10-9-20-4-2-5-21-13-16-25(23)28(22)27(20)21/h2,4-5,7-16,18,29H,3,6,17H2,1H3,(H,31,32)/b30-18+. The molecule has 4 heteroatoms. The monoisotopic (exact) mass is 419 g/mol. The lowest BCUT2D eigenvalue weighted by Gasteiger charge is -2.12. The molecule has 1 amide bonds. The lowest BCUT2D eigenvalue weighted by molar-refractivity contribution is -0.121. The average Bonchev–Trinajstić information content (AvgIpc) is 2.82. The van der Waals surface area contributed by atoms with Gasteiger partial charge in [0.25, 0.3) is 0 Å². The van der Waals surface area contributed by atoms with Crippen LogP contribution in [0.1, 0.15) is 24.0 Å². The first kappa shape index (κ1) is 20.0. The second-order valence-electron chi connectivity index (χ2n) is 8.20. The Bertz CT molecular complexity index is 1400. The van der Waals surface area contributed by atoms with E-state index in [1.165, 1.54) is 32.5 Å². The maximum absolute atomic E-state index is 12.2. The molecule has 0 aliphatic carbocycles. The van der Waals surface area contributed by atoms with Crippen LogP contribution in [0.25, 0.3) is 32.3 Å². The van der Waals surface area contributed by atoms with Crippen LogP contribution in [0.3, 0.4) is 0 Å². The van der Waals surface area contributed by atoms with Crippen LogP contribution in [0.2, 0.25) is 0 Å². The number of hydrogen-bond acceptors (Lipinski definition) is 3. The van der Waals surface area contributed by atoms with Crippen molar-refractivity contribution in [3.05, 3.63) is 90.0 Å². The molecule has 0 aromatic heterocycles. The van der Waals surface area contributed by atoms with Gasteiger partial charge in [0.1, 0.15) is 0 Å². The molecular formula is C28H25N3O. The largest absolute Gasteiger partial charge is 0.385 e. The molecule has 0 bridgehead atoms. The van der Waals surface area contributed by atoms with Gasteiger partial charge in [-0.15, -0.1) is 0 Å². The number of carbonyl (C=O) groups excluding carboxylic acids is 1. The zero-order valence-electron chi connectivity index (χ0n) is 18.1. The van der Waals surface area contributed by atoms with Gasteiger partial charge in [-0.05, 0) is 57.8 Å². The molecule has 0 fully saturated rings. The zero-order chi connectivity index (χ0) is 21.9. The highest BCUT2D eigenvalue weighted by Crippen LogP contribution is 2.35. The van der Waals surface area contributed by atoms with Crippen molar-refractivity contribution < 1.29 is 4.79 Å². The van der Waals surface area contributed by atoms with E-state index < -0.39 is 0 Å². The first-order valence-corrected chi connectivity index (χ1v) is 11.0. The Hall–Kier alpha value is -3.92. The molecule has 158 valence electrons. The van der Waals surface area contributed by atoms with E-state index in [0.29, 0.717) is 6.42 Å². The molecule has 0 radical (unpaired) electrons. The van der Waals surface area contributed by atoms with Crippen molar-refractivity contribution in [1.82, 2.24) is 5.43 Å². The Morgan fingerprint density at radius 1 is 0.844 bits per heavy atom. The fraction of sp³-hybridized carbons (Fsp3) is 0.143. The lowest BCUT2D eigenvalue weighted by atomic mass is 9.92. The molecule has 0 atom stereocenters. The van der Waals surface area contributed by atoms with Crippen molar-refractivity contribution in [2.24, 2.45) is 5.10 Å². The Labute approximate surface area is 187 Å². The zero-order valence-corrected chi connectivity index (χ0v) is 18.1. The van der Waals surface area contributed by atoms with Gasteiger partial charge < -0.3 is 5.32 Å². The van der Waals surface area contributed by atoms with Crippen molar-refractivity contribution in [1.29, 1.82) is 0 Å². The first-order chi connectivity index (χ1) is 15.7. The Balaban J connectivity index is 1.24. The van der Waals surface area contributed by atoms with Crippen molar-refractivity contribution in [3.8, 4) is 0 Å². The topological polar surface area (TPSA) is 53.5 Å². The molecule has 2 N–H and O–H groups in total. The molecule has 0 aliphatic heterocycles. The van der Waals surface area contributed by atoms with Gasteiger partial charge in [-0.1, -0.05) is 72.3 Å². The molecule has 0 aliphatic rings. The molecule has 0 saturated heterocycles. The summed E-state index contributed by atoms with van der Waals surface area (Å²) in [6, 6.07) is 27.4. The van der Waals surface area contributed by atoms with Crippen LogP contribution in [0, 0.1) is 6.92 Å². The van der Waals surface area contributed by atoms with Crippen molar-refractivity contribution >= 4 is 50.1 Å². The summed E-state index contributed by atoms with van der Waals surface area (Å²) >= 11 is 0. The molecule has 0 spiro atoms. The molecule has 0 heterocycles. The van der Waals surface area contributed by atoms with Crippen LogP contribution in [0.15, 0.2) is 84.0 Å². The average molecular weight is 420 g/mol. The van der Waals surface area contributed by atoms with Crippen LogP contribution < -0.4 is 10.7 Å². The number of amides is 1. The van der Waals surface area contributed by atoms with Gasteiger partial charge in [0.05, 0.1) is 6.21 Å². The first-order valence-electron chi connectivity index (χ1n) is 11.0. The van der Waals surface area contributed by atoms with E-state index in [1.54, 1.807) is 6.21 Å². The predicted molar refractivity (Wildman–Crippen MR) is 135 cm³/mol. The number of carbonyl (C=O) groups is 1. The van der Waals surface area contributed by atoms with Crippen molar-refractivity contribution in [3.63, 3.8) is 0 Å². The number of nitrogens with zero attached hydrogens (tertiary/aromatic N) is 1. The Morgan fingerprint density at radius 2 is 1.53 bits per heavy atom. The van der Waals surface area contributed by atoms with Crippen LogP contribution in [-0.4, -0.2) is 18.7 Å². The van der Waals surface area contributed by atoms with Crippen molar-refractivity contribution in [2.75, 3.05) is 11.9 Å². The number of benzene rings is 5. The number of hydrogen-bond donors (Lipinski definition) is 2. The summed E-state index contributed by atoms with van der Waals surface area (Å²) in [5, 5.41) is 14.9. The Morgan fingerprint density at radius 3 is 2.31 bits per heavy atom. The van der Waals surface area contributed by atoms with E-state index in [1.807, 2.05) is 0 Å².